The summed E-state index contributed by atoms with van der Waals surface area (Å²) in [6.45, 7) is 1.62. The van der Waals surface area contributed by atoms with Crippen LogP contribution in [0.15, 0.2) is 42.5 Å². The lowest BCUT2D eigenvalue weighted by atomic mass is 10.2. The minimum absolute atomic E-state index is 0.319. The largest absolute Gasteiger partial charge is 0.494 e. The average molecular weight is 442 g/mol. The van der Waals surface area contributed by atoms with Crippen LogP contribution in [-0.2, 0) is 0 Å². The van der Waals surface area contributed by atoms with Gasteiger partial charge in [-0.25, -0.2) is 4.39 Å². The number of carbonyl (C=O) groups excluding carboxylic acids is 1. The third-order valence-corrected chi connectivity index (χ3v) is 4.24. The fourth-order valence-corrected chi connectivity index (χ4v) is 2.66. The Bertz CT molecular complexity index is 690. The minimum atomic E-state index is -0.429. The van der Waals surface area contributed by atoms with Crippen LogP contribution in [0.1, 0.15) is 16.8 Å². The van der Waals surface area contributed by atoms with Gasteiger partial charge in [-0.1, -0.05) is 0 Å². The second-order valence-electron chi connectivity index (χ2n) is 5.61. The van der Waals surface area contributed by atoms with Gasteiger partial charge in [-0.3, -0.25) is 4.79 Å². The molecule has 0 saturated carbocycles. The highest BCUT2D eigenvalue weighted by molar-refractivity contribution is 14.1. The molecule has 0 aromatic heterocycles. The molecule has 0 saturated heterocycles. The maximum absolute atomic E-state index is 13.3. The first-order valence-corrected chi connectivity index (χ1v) is 8.67. The Morgan fingerprint density at radius 1 is 1.21 bits per heavy atom. The normalized spacial score (nSPS) is 10.7. The molecule has 2 rings (SSSR count). The second-order valence-corrected chi connectivity index (χ2v) is 6.77. The number of anilines is 1. The van der Waals surface area contributed by atoms with Crippen molar-refractivity contribution < 1.29 is 13.9 Å². The van der Waals surface area contributed by atoms with Gasteiger partial charge in [0.25, 0.3) is 5.91 Å². The molecule has 6 heteroatoms. The van der Waals surface area contributed by atoms with Gasteiger partial charge >= 0.3 is 0 Å². The van der Waals surface area contributed by atoms with Crippen LogP contribution >= 0.6 is 22.6 Å². The van der Waals surface area contributed by atoms with Crippen molar-refractivity contribution in [1.29, 1.82) is 0 Å². The van der Waals surface area contributed by atoms with Crippen LogP contribution in [0.4, 0.5) is 10.1 Å². The van der Waals surface area contributed by atoms with E-state index in [-0.39, 0.29) is 5.91 Å². The Balaban J connectivity index is 1.91. The molecule has 1 amide bonds. The van der Waals surface area contributed by atoms with E-state index in [9.17, 15) is 9.18 Å². The lowest BCUT2D eigenvalue weighted by Gasteiger charge is -2.11. The van der Waals surface area contributed by atoms with E-state index in [1.807, 2.05) is 48.8 Å². The van der Waals surface area contributed by atoms with Crippen LogP contribution in [0.25, 0.3) is 0 Å². The van der Waals surface area contributed by atoms with E-state index < -0.39 is 5.82 Å². The van der Waals surface area contributed by atoms with E-state index in [4.69, 9.17) is 4.74 Å². The quantitative estimate of drug-likeness (QED) is 0.521. The number of hydrogen-bond donors (Lipinski definition) is 1. The van der Waals surface area contributed by atoms with Crippen LogP contribution < -0.4 is 10.1 Å². The minimum Gasteiger partial charge on any atom is -0.494 e. The highest BCUT2D eigenvalue weighted by atomic mass is 127. The summed E-state index contributed by atoms with van der Waals surface area (Å²) in [5.41, 5.74) is 0.959. The maximum atomic E-state index is 13.3. The van der Waals surface area contributed by atoms with Gasteiger partial charge in [-0.15, -0.1) is 0 Å². The highest BCUT2D eigenvalue weighted by Gasteiger charge is 2.11. The van der Waals surface area contributed by atoms with E-state index in [1.165, 1.54) is 12.1 Å². The molecule has 0 fully saturated rings. The first kappa shape index (κ1) is 18.7. The first-order chi connectivity index (χ1) is 11.5. The summed E-state index contributed by atoms with van der Waals surface area (Å²) in [4.78, 5) is 14.3. The van der Waals surface area contributed by atoms with Gasteiger partial charge < -0.3 is 15.0 Å². The summed E-state index contributed by atoms with van der Waals surface area (Å²) < 4.78 is 19.6. The molecule has 0 bridgehead atoms. The molecule has 2 aromatic carbocycles. The van der Waals surface area contributed by atoms with Crippen LogP contribution in [0.5, 0.6) is 5.75 Å². The summed E-state index contributed by atoms with van der Waals surface area (Å²) in [7, 11) is 4.05. The number of nitrogens with zero attached hydrogens (tertiary/aromatic N) is 1. The van der Waals surface area contributed by atoms with Gasteiger partial charge in [0.1, 0.15) is 11.6 Å². The van der Waals surface area contributed by atoms with Gasteiger partial charge in [-0.05, 0) is 85.6 Å². The topological polar surface area (TPSA) is 41.6 Å². The van der Waals surface area contributed by atoms with Crippen molar-refractivity contribution in [2.45, 2.75) is 6.42 Å². The molecule has 0 unspecified atom stereocenters. The number of nitrogens with one attached hydrogen (secondary N) is 1. The third kappa shape index (κ3) is 5.76. The van der Waals surface area contributed by atoms with Gasteiger partial charge in [0.15, 0.2) is 0 Å². The number of amides is 1. The van der Waals surface area contributed by atoms with Crippen molar-refractivity contribution in [2.75, 3.05) is 32.6 Å². The summed E-state index contributed by atoms with van der Waals surface area (Å²) in [5, 5.41) is 2.76. The van der Waals surface area contributed by atoms with Gasteiger partial charge in [0.05, 0.1) is 12.2 Å². The van der Waals surface area contributed by atoms with E-state index in [0.29, 0.717) is 21.4 Å². The zero-order valence-electron chi connectivity index (χ0n) is 13.7. The average Bonchev–Trinajstić information content (AvgIpc) is 2.55. The van der Waals surface area contributed by atoms with Crippen molar-refractivity contribution in [1.82, 2.24) is 4.90 Å². The monoisotopic (exact) mass is 442 g/mol. The molecular formula is C18H20FIN2O2. The smallest absolute Gasteiger partial charge is 0.256 e. The standard InChI is InChI=1S/C18H20FIN2O2/c1-22(2)10-3-11-24-15-7-5-14(6-8-15)21-18(23)16-12-13(19)4-9-17(16)20/h4-9,12H,3,10-11H2,1-2H3,(H,21,23). The fraction of sp³-hybridized carbons (Fsp3) is 0.278. The van der Waals surface area contributed by atoms with E-state index in [2.05, 4.69) is 10.2 Å². The molecule has 1 N–H and O–H groups in total. The van der Waals surface area contributed by atoms with Gasteiger partial charge in [0.2, 0.25) is 0 Å². The zero-order valence-corrected chi connectivity index (χ0v) is 15.8. The van der Waals surface area contributed by atoms with E-state index in [1.54, 1.807) is 18.2 Å². The van der Waals surface area contributed by atoms with Crippen LogP contribution in [0.3, 0.4) is 0 Å². The van der Waals surface area contributed by atoms with Crippen molar-refractivity contribution in [3.63, 3.8) is 0 Å². The Kier molecular flexibility index (Phi) is 6.99. The highest BCUT2D eigenvalue weighted by Crippen LogP contribution is 2.19. The lowest BCUT2D eigenvalue weighted by molar-refractivity contribution is 0.102. The SMILES string of the molecule is CN(C)CCCOc1ccc(NC(=O)c2cc(F)ccc2I)cc1. The van der Waals surface area contributed by atoms with Gasteiger partial charge in [0, 0.05) is 15.8 Å². The molecule has 0 radical (unpaired) electrons. The summed E-state index contributed by atoms with van der Waals surface area (Å²) in [5.74, 6) is -0.00678. The van der Waals surface area contributed by atoms with Gasteiger partial charge in [-0.2, -0.15) is 0 Å². The Morgan fingerprint density at radius 3 is 2.58 bits per heavy atom. The lowest BCUT2D eigenvalue weighted by Crippen LogP contribution is -2.15. The predicted octanol–water partition coefficient (Wildman–Crippen LogP) is 4.01. The van der Waals surface area contributed by atoms with E-state index >= 15 is 0 Å². The number of benzene rings is 2. The number of halogens is 2. The molecule has 0 aliphatic rings. The number of rotatable bonds is 7. The Hall–Kier alpha value is -1.67. The summed E-state index contributed by atoms with van der Waals surface area (Å²) in [6.07, 6.45) is 0.948. The summed E-state index contributed by atoms with van der Waals surface area (Å²) >= 11 is 2.01. The number of ether oxygens (including phenoxy) is 1. The molecule has 2 aromatic rings. The summed E-state index contributed by atoms with van der Waals surface area (Å²) in [6, 6.07) is 11.3. The molecule has 24 heavy (non-hydrogen) atoms. The molecule has 4 nitrogen and oxygen atoms in total. The number of carbonyl (C=O) groups is 1. The number of hydrogen-bond acceptors (Lipinski definition) is 3. The van der Waals surface area contributed by atoms with Crippen LogP contribution in [-0.4, -0.2) is 38.1 Å². The fourth-order valence-electron chi connectivity index (χ4n) is 2.08. The van der Waals surface area contributed by atoms with Crippen molar-refractivity contribution in [2.24, 2.45) is 0 Å². The van der Waals surface area contributed by atoms with Crippen molar-refractivity contribution in [3.8, 4) is 5.75 Å². The Labute approximate surface area is 155 Å². The second kappa shape index (κ2) is 8.98. The molecular weight excluding hydrogens is 422 g/mol. The van der Waals surface area contributed by atoms with Crippen LogP contribution in [0, 0.1) is 9.39 Å². The molecule has 0 aliphatic carbocycles. The van der Waals surface area contributed by atoms with Crippen molar-refractivity contribution in [3.05, 3.63) is 57.4 Å². The molecule has 0 heterocycles. The zero-order chi connectivity index (χ0) is 17.5. The molecule has 0 aliphatic heterocycles. The molecule has 0 spiro atoms. The predicted molar refractivity (Wildman–Crippen MR) is 102 cm³/mol. The molecule has 128 valence electrons. The Morgan fingerprint density at radius 2 is 1.92 bits per heavy atom. The molecule has 0 atom stereocenters. The maximum Gasteiger partial charge on any atom is 0.256 e. The first-order valence-electron chi connectivity index (χ1n) is 7.59. The van der Waals surface area contributed by atoms with Crippen LogP contribution in [0.2, 0.25) is 0 Å². The van der Waals surface area contributed by atoms with E-state index in [0.717, 1.165) is 18.7 Å². The van der Waals surface area contributed by atoms with Crippen molar-refractivity contribution >= 4 is 34.2 Å². The third-order valence-electron chi connectivity index (χ3n) is 3.30.